The number of hydrogen-bond donors (Lipinski definition) is 1. The molecule has 5 nitrogen and oxygen atoms in total. The van der Waals surface area contributed by atoms with Gasteiger partial charge in [-0.25, -0.2) is 4.79 Å². The lowest BCUT2D eigenvalue weighted by atomic mass is 9.75. The Balaban J connectivity index is 1.51. The largest absolute Gasteiger partial charge is 0.493 e. The molecule has 0 aromatic heterocycles. The Kier molecular flexibility index (Phi) is 6.76. The zero-order chi connectivity index (χ0) is 24.5. The molecule has 1 heterocycles. The number of nitrogens with one attached hydrogen (secondary N) is 1. The van der Waals surface area contributed by atoms with Crippen molar-refractivity contribution >= 4 is 39.2 Å². The molecule has 3 aromatic rings. The number of rotatable bonds is 6. The summed E-state index contributed by atoms with van der Waals surface area (Å²) >= 11 is 10.3. The summed E-state index contributed by atoms with van der Waals surface area (Å²) in [6.45, 7) is 0.435. The molecular formula is C28H25BrClNO4. The van der Waals surface area contributed by atoms with Crippen molar-refractivity contribution in [3.05, 3.63) is 98.5 Å². The van der Waals surface area contributed by atoms with Crippen molar-refractivity contribution < 1.29 is 19.0 Å². The van der Waals surface area contributed by atoms with E-state index in [0.29, 0.717) is 28.7 Å². The van der Waals surface area contributed by atoms with E-state index in [-0.39, 0.29) is 23.8 Å². The molecule has 1 aliphatic carbocycles. The monoisotopic (exact) mass is 553 g/mol. The number of carbonyl (C=O) groups excluding carboxylic acids is 1. The Morgan fingerprint density at radius 1 is 1.14 bits per heavy atom. The zero-order valence-corrected chi connectivity index (χ0v) is 21.7. The summed E-state index contributed by atoms with van der Waals surface area (Å²) in [6, 6.07) is 17.5. The number of methoxy groups -OCH3 is 2. The average Bonchev–Trinajstić information content (AvgIpc) is 3.38. The molecule has 0 bridgehead atoms. The lowest BCUT2D eigenvalue weighted by Gasteiger charge is -2.39. The number of carbonyl (C=O) groups is 1. The van der Waals surface area contributed by atoms with Crippen LogP contribution >= 0.6 is 27.5 Å². The maximum atomic E-state index is 12.5. The second-order valence-electron chi connectivity index (χ2n) is 8.66. The van der Waals surface area contributed by atoms with Crippen molar-refractivity contribution in [2.24, 2.45) is 5.92 Å². The molecule has 180 valence electrons. The maximum Gasteiger partial charge on any atom is 0.338 e. The number of ether oxygens (including phenoxy) is 3. The van der Waals surface area contributed by atoms with Gasteiger partial charge in [-0.2, -0.15) is 0 Å². The number of hydrogen-bond acceptors (Lipinski definition) is 5. The molecule has 0 unspecified atom stereocenters. The molecule has 7 heteroatoms. The minimum Gasteiger partial charge on any atom is -0.493 e. The van der Waals surface area contributed by atoms with Crippen molar-refractivity contribution in [3.63, 3.8) is 0 Å². The Morgan fingerprint density at radius 3 is 2.69 bits per heavy atom. The highest BCUT2D eigenvalue weighted by atomic mass is 79.9. The Hall–Kier alpha value is -2.96. The average molecular weight is 555 g/mol. The van der Waals surface area contributed by atoms with E-state index in [9.17, 15) is 4.79 Å². The van der Waals surface area contributed by atoms with E-state index in [1.165, 1.54) is 7.11 Å². The van der Waals surface area contributed by atoms with E-state index in [2.05, 4.69) is 39.5 Å². The molecule has 1 aliphatic heterocycles. The van der Waals surface area contributed by atoms with Gasteiger partial charge in [0.05, 0.1) is 41.0 Å². The van der Waals surface area contributed by atoms with E-state index in [0.717, 1.165) is 33.3 Å². The lowest BCUT2D eigenvalue weighted by molar-refractivity contribution is 0.0598. The summed E-state index contributed by atoms with van der Waals surface area (Å²) < 4.78 is 17.7. The summed E-state index contributed by atoms with van der Waals surface area (Å²) in [4.78, 5) is 12.5. The minimum atomic E-state index is -0.360. The van der Waals surface area contributed by atoms with E-state index < -0.39 is 0 Å². The summed E-state index contributed by atoms with van der Waals surface area (Å²) in [5.74, 6) is 1.19. The van der Waals surface area contributed by atoms with Crippen molar-refractivity contribution in [1.29, 1.82) is 0 Å². The van der Waals surface area contributed by atoms with Gasteiger partial charge in [-0.1, -0.05) is 54.1 Å². The Morgan fingerprint density at radius 2 is 1.94 bits per heavy atom. The predicted octanol–water partition coefficient (Wildman–Crippen LogP) is 7.30. The molecule has 5 rings (SSSR count). The molecule has 1 N–H and O–H groups in total. The first-order valence-corrected chi connectivity index (χ1v) is 12.6. The molecule has 0 spiro atoms. The van der Waals surface area contributed by atoms with Gasteiger partial charge < -0.3 is 19.5 Å². The fourth-order valence-corrected chi connectivity index (χ4v) is 5.87. The summed E-state index contributed by atoms with van der Waals surface area (Å²) in [7, 11) is 3.04. The molecule has 0 fully saturated rings. The summed E-state index contributed by atoms with van der Waals surface area (Å²) in [5, 5.41) is 4.21. The predicted molar refractivity (Wildman–Crippen MR) is 141 cm³/mol. The van der Waals surface area contributed by atoms with Crippen molar-refractivity contribution in [3.8, 4) is 11.5 Å². The van der Waals surface area contributed by atoms with Crippen LogP contribution in [0, 0.1) is 5.92 Å². The first-order chi connectivity index (χ1) is 17.0. The van der Waals surface area contributed by atoms with Gasteiger partial charge in [-0.3, -0.25) is 0 Å². The second kappa shape index (κ2) is 9.96. The van der Waals surface area contributed by atoms with Gasteiger partial charge in [-0.15, -0.1) is 0 Å². The van der Waals surface area contributed by atoms with Gasteiger partial charge in [0.2, 0.25) is 0 Å². The van der Waals surface area contributed by atoms with Gasteiger partial charge in [-0.05, 0) is 69.2 Å². The first-order valence-electron chi connectivity index (χ1n) is 11.4. The van der Waals surface area contributed by atoms with Gasteiger partial charge in [0, 0.05) is 5.92 Å². The molecular weight excluding hydrogens is 530 g/mol. The van der Waals surface area contributed by atoms with Crippen LogP contribution < -0.4 is 14.8 Å². The normalized spacial score (nSPS) is 19.9. The highest BCUT2D eigenvalue weighted by molar-refractivity contribution is 9.10. The standard InChI is InChI=1S/C28H25BrClNO4/c1-33-23-14-17(13-21(29)27(23)35-15-16-7-4-3-5-8-16)25-19-10-6-9-18(19)24-20(28(32)34-2)11-12-22(30)26(24)31-25/h3-9,11-14,18-19,25,31H,10,15H2,1-2H3/t18-,19-,25-/m1/s1. The molecule has 3 aromatic carbocycles. The Bertz CT molecular complexity index is 1290. The molecule has 0 saturated carbocycles. The van der Waals surface area contributed by atoms with Gasteiger partial charge >= 0.3 is 5.97 Å². The van der Waals surface area contributed by atoms with E-state index in [4.69, 9.17) is 25.8 Å². The van der Waals surface area contributed by atoms with Crippen LogP contribution in [0.1, 0.15) is 45.4 Å². The van der Waals surface area contributed by atoms with Gasteiger partial charge in [0.1, 0.15) is 6.61 Å². The van der Waals surface area contributed by atoms with Crippen LogP contribution in [-0.4, -0.2) is 20.2 Å². The SMILES string of the molecule is COC(=O)c1ccc(Cl)c2c1[C@@H]1C=CC[C@H]1[C@@H](c1cc(Br)c(OCc3ccccc3)c(OC)c1)N2. The highest BCUT2D eigenvalue weighted by Crippen LogP contribution is 2.54. The van der Waals surface area contributed by atoms with Crippen LogP contribution in [0.3, 0.4) is 0 Å². The van der Waals surface area contributed by atoms with Gasteiger partial charge in [0.15, 0.2) is 11.5 Å². The van der Waals surface area contributed by atoms with Gasteiger partial charge in [0.25, 0.3) is 0 Å². The molecule has 35 heavy (non-hydrogen) atoms. The van der Waals surface area contributed by atoms with E-state index in [1.54, 1.807) is 19.2 Å². The number of esters is 1. The summed E-state index contributed by atoms with van der Waals surface area (Å²) in [5.41, 5.74) is 4.33. The van der Waals surface area contributed by atoms with Crippen LogP contribution in [-0.2, 0) is 11.3 Å². The number of halogens is 2. The van der Waals surface area contributed by atoms with Crippen LogP contribution in [0.15, 0.2) is 71.2 Å². The minimum absolute atomic E-state index is 0.0405. The molecule has 0 amide bonds. The number of anilines is 1. The highest BCUT2D eigenvalue weighted by Gasteiger charge is 2.41. The third-order valence-electron chi connectivity index (χ3n) is 6.71. The third kappa shape index (κ3) is 4.41. The van der Waals surface area contributed by atoms with Crippen LogP contribution in [0.5, 0.6) is 11.5 Å². The number of allylic oxidation sites excluding steroid dienone is 2. The smallest absolute Gasteiger partial charge is 0.338 e. The van der Waals surface area contributed by atoms with Crippen molar-refractivity contribution in [2.45, 2.75) is 25.0 Å². The summed E-state index contributed by atoms with van der Waals surface area (Å²) in [6.07, 6.45) is 5.22. The molecule has 3 atom stereocenters. The van der Waals surface area contributed by atoms with Crippen LogP contribution in [0.25, 0.3) is 0 Å². The number of benzene rings is 3. The zero-order valence-electron chi connectivity index (χ0n) is 19.4. The van der Waals surface area contributed by atoms with Crippen molar-refractivity contribution in [1.82, 2.24) is 0 Å². The first kappa shape index (κ1) is 23.8. The molecule has 0 saturated heterocycles. The maximum absolute atomic E-state index is 12.5. The fraction of sp³-hybridized carbons (Fsp3) is 0.250. The van der Waals surface area contributed by atoms with E-state index in [1.807, 2.05) is 36.4 Å². The van der Waals surface area contributed by atoms with Crippen LogP contribution in [0.4, 0.5) is 5.69 Å². The Labute approximate surface area is 218 Å². The van der Waals surface area contributed by atoms with E-state index >= 15 is 0 Å². The van der Waals surface area contributed by atoms with Crippen LogP contribution in [0.2, 0.25) is 5.02 Å². The quantitative estimate of drug-likeness (QED) is 0.256. The topological polar surface area (TPSA) is 56.8 Å². The number of fused-ring (bicyclic) bond motifs is 3. The fourth-order valence-electron chi connectivity index (χ4n) is 5.08. The third-order valence-corrected chi connectivity index (χ3v) is 7.62. The van der Waals surface area contributed by atoms with Crippen molar-refractivity contribution in [2.75, 3.05) is 19.5 Å². The molecule has 0 radical (unpaired) electrons. The second-order valence-corrected chi connectivity index (χ2v) is 9.92. The molecule has 2 aliphatic rings. The lowest BCUT2D eigenvalue weighted by Crippen LogP contribution is -2.31.